The number of hydrogen-bond acceptors (Lipinski definition) is 3. The Morgan fingerprint density at radius 3 is 2.50 bits per heavy atom. The predicted octanol–water partition coefficient (Wildman–Crippen LogP) is 0.482. The number of nitriles is 1. The Bertz CT molecular complexity index is 460. The van der Waals surface area contributed by atoms with Gasteiger partial charge in [0.15, 0.2) is 0 Å². The second kappa shape index (κ2) is 7.07. The summed E-state index contributed by atoms with van der Waals surface area (Å²) in [6.07, 6.45) is 1.09. The van der Waals surface area contributed by atoms with Gasteiger partial charge < -0.3 is 11.1 Å². The van der Waals surface area contributed by atoms with Gasteiger partial charge in [0.05, 0.1) is 18.1 Å². The molecule has 0 radical (unpaired) electrons. The molecule has 0 saturated carbocycles. The number of carbonyl (C=O) groups excluding carboxylic acids is 2. The lowest BCUT2D eigenvalue weighted by molar-refractivity contribution is -0.121. The first-order valence-electron chi connectivity index (χ1n) is 5.66. The molecule has 5 nitrogen and oxygen atoms in total. The van der Waals surface area contributed by atoms with E-state index in [4.69, 9.17) is 11.0 Å². The molecule has 3 N–H and O–H groups in total. The molecule has 0 unspecified atom stereocenters. The molecule has 0 heterocycles. The molecular formula is C13H15N3O2. The van der Waals surface area contributed by atoms with E-state index in [9.17, 15) is 9.59 Å². The van der Waals surface area contributed by atoms with Crippen LogP contribution in [0.4, 0.5) is 0 Å². The monoisotopic (exact) mass is 245 g/mol. The Labute approximate surface area is 106 Å². The van der Waals surface area contributed by atoms with Gasteiger partial charge in [-0.1, -0.05) is 12.1 Å². The van der Waals surface area contributed by atoms with Crippen molar-refractivity contribution in [1.29, 1.82) is 5.26 Å². The van der Waals surface area contributed by atoms with Crippen LogP contribution in [0.15, 0.2) is 24.3 Å². The number of nitrogens with one attached hydrogen (secondary N) is 1. The summed E-state index contributed by atoms with van der Waals surface area (Å²) in [5.41, 5.74) is 6.40. The van der Waals surface area contributed by atoms with Gasteiger partial charge in [-0.05, 0) is 24.1 Å². The largest absolute Gasteiger partial charge is 0.370 e. The van der Waals surface area contributed by atoms with Crippen molar-refractivity contribution in [2.45, 2.75) is 19.3 Å². The van der Waals surface area contributed by atoms with E-state index < -0.39 is 0 Å². The fourth-order valence-corrected chi connectivity index (χ4v) is 1.44. The summed E-state index contributed by atoms with van der Waals surface area (Å²) in [5.74, 6) is -0.472. The number of benzene rings is 1. The zero-order valence-corrected chi connectivity index (χ0v) is 9.98. The molecule has 0 spiro atoms. The molecule has 2 amide bonds. The molecule has 0 atom stereocenters. The van der Waals surface area contributed by atoms with E-state index in [0.29, 0.717) is 18.5 Å². The molecule has 1 aromatic carbocycles. The number of rotatable bonds is 6. The van der Waals surface area contributed by atoms with Crippen LogP contribution in [-0.2, 0) is 16.0 Å². The lowest BCUT2D eigenvalue weighted by Gasteiger charge is -2.04. The van der Waals surface area contributed by atoms with Crippen molar-refractivity contribution in [2.24, 2.45) is 5.73 Å². The molecular weight excluding hydrogens is 230 g/mol. The van der Waals surface area contributed by atoms with Gasteiger partial charge in [-0.2, -0.15) is 5.26 Å². The third kappa shape index (κ3) is 5.12. The van der Waals surface area contributed by atoms with Gasteiger partial charge in [0.25, 0.3) is 0 Å². The molecule has 0 bridgehead atoms. The van der Waals surface area contributed by atoms with Crippen LogP contribution < -0.4 is 11.1 Å². The van der Waals surface area contributed by atoms with Gasteiger partial charge in [-0.3, -0.25) is 9.59 Å². The van der Waals surface area contributed by atoms with Crippen molar-refractivity contribution >= 4 is 11.8 Å². The van der Waals surface area contributed by atoms with Crippen LogP contribution in [0.25, 0.3) is 0 Å². The summed E-state index contributed by atoms with van der Waals surface area (Å²) in [5, 5.41) is 11.3. The molecule has 0 aromatic heterocycles. The molecule has 94 valence electrons. The first kappa shape index (κ1) is 13.7. The van der Waals surface area contributed by atoms with E-state index in [-0.39, 0.29) is 24.7 Å². The van der Waals surface area contributed by atoms with Gasteiger partial charge >= 0.3 is 0 Å². The average molecular weight is 245 g/mol. The summed E-state index contributed by atoms with van der Waals surface area (Å²) in [6.45, 7) is 0.443. The van der Waals surface area contributed by atoms with Crippen molar-refractivity contribution in [1.82, 2.24) is 5.32 Å². The molecule has 0 saturated heterocycles. The first-order chi connectivity index (χ1) is 8.61. The minimum absolute atomic E-state index is 0.107. The zero-order valence-electron chi connectivity index (χ0n) is 9.98. The van der Waals surface area contributed by atoms with Gasteiger partial charge in [0.2, 0.25) is 11.8 Å². The first-order valence-corrected chi connectivity index (χ1v) is 5.66. The highest BCUT2D eigenvalue weighted by Gasteiger charge is 2.03. The topological polar surface area (TPSA) is 96.0 Å². The van der Waals surface area contributed by atoms with Crippen molar-refractivity contribution in [3.63, 3.8) is 0 Å². The predicted molar refractivity (Wildman–Crippen MR) is 66.3 cm³/mol. The maximum Gasteiger partial charge on any atom is 0.224 e. The highest BCUT2D eigenvalue weighted by molar-refractivity contribution is 5.78. The van der Waals surface area contributed by atoms with Gasteiger partial charge in [-0.15, -0.1) is 0 Å². The molecule has 1 rings (SSSR count). The second-order valence-corrected chi connectivity index (χ2v) is 3.91. The normalized spacial score (nSPS) is 9.50. The smallest absolute Gasteiger partial charge is 0.224 e. The maximum absolute atomic E-state index is 11.5. The molecule has 0 aliphatic carbocycles. The van der Waals surface area contributed by atoms with Crippen molar-refractivity contribution in [3.8, 4) is 6.07 Å². The number of nitrogens with zero attached hydrogens (tertiary/aromatic N) is 1. The van der Waals surface area contributed by atoms with Crippen molar-refractivity contribution in [3.05, 3.63) is 35.4 Å². The summed E-state index contributed by atoms with van der Waals surface area (Å²) < 4.78 is 0. The quantitative estimate of drug-likeness (QED) is 0.713. The summed E-state index contributed by atoms with van der Waals surface area (Å²) in [7, 11) is 0. The Balaban J connectivity index is 2.31. The van der Waals surface area contributed by atoms with E-state index in [0.717, 1.165) is 5.56 Å². The van der Waals surface area contributed by atoms with Crippen LogP contribution in [-0.4, -0.2) is 18.4 Å². The third-order valence-corrected chi connectivity index (χ3v) is 2.37. The highest BCUT2D eigenvalue weighted by atomic mass is 16.2. The molecule has 18 heavy (non-hydrogen) atoms. The summed E-state index contributed by atoms with van der Waals surface area (Å²) in [6, 6.07) is 8.87. The highest BCUT2D eigenvalue weighted by Crippen LogP contribution is 2.03. The number of nitrogens with two attached hydrogens (primary N) is 1. The lowest BCUT2D eigenvalue weighted by Crippen LogP contribution is -2.27. The Morgan fingerprint density at radius 2 is 1.94 bits per heavy atom. The third-order valence-electron chi connectivity index (χ3n) is 2.37. The molecule has 0 fully saturated rings. The number of primary amides is 1. The van der Waals surface area contributed by atoms with Crippen LogP contribution in [0.2, 0.25) is 0 Å². The molecule has 1 aromatic rings. The van der Waals surface area contributed by atoms with E-state index in [1.165, 1.54) is 0 Å². The Hall–Kier alpha value is -2.35. The molecule has 0 aliphatic heterocycles. The van der Waals surface area contributed by atoms with E-state index >= 15 is 0 Å². The lowest BCUT2D eigenvalue weighted by atomic mass is 10.1. The standard InChI is InChI=1S/C13H15N3O2/c14-9-11-5-3-10(4-6-11)8-13(18)16-7-1-2-12(15)17/h3-6H,1-2,7-8H2,(H2,15,17)(H,16,18). The fraction of sp³-hybridized carbons (Fsp3) is 0.308. The molecule has 0 aliphatic rings. The van der Waals surface area contributed by atoms with Crippen LogP contribution in [0.3, 0.4) is 0 Å². The Morgan fingerprint density at radius 1 is 1.28 bits per heavy atom. The number of amides is 2. The van der Waals surface area contributed by atoms with E-state index in [2.05, 4.69) is 5.32 Å². The van der Waals surface area contributed by atoms with Gasteiger partial charge in [-0.25, -0.2) is 0 Å². The number of hydrogen-bond donors (Lipinski definition) is 2. The van der Waals surface area contributed by atoms with Gasteiger partial charge in [0, 0.05) is 13.0 Å². The van der Waals surface area contributed by atoms with Crippen molar-refractivity contribution in [2.75, 3.05) is 6.54 Å². The second-order valence-electron chi connectivity index (χ2n) is 3.91. The maximum atomic E-state index is 11.5. The van der Waals surface area contributed by atoms with Gasteiger partial charge in [0.1, 0.15) is 0 Å². The zero-order chi connectivity index (χ0) is 13.4. The number of carbonyl (C=O) groups is 2. The van der Waals surface area contributed by atoms with Crippen LogP contribution >= 0.6 is 0 Å². The van der Waals surface area contributed by atoms with Crippen LogP contribution in [0.1, 0.15) is 24.0 Å². The van der Waals surface area contributed by atoms with Crippen LogP contribution in [0.5, 0.6) is 0 Å². The summed E-state index contributed by atoms with van der Waals surface area (Å²) in [4.78, 5) is 22.0. The molecule has 5 heteroatoms. The van der Waals surface area contributed by atoms with Crippen molar-refractivity contribution < 1.29 is 9.59 Å². The summed E-state index contributed by atoms with van der Waals surface area (Å²) >= 11 is 0. The SMILES string of the molecule is N#Cc1ccc(CC(=O)NCCCC(N)=O)cc1. The minimum Gasteiger partial charge on any atom is -0.370 e. The fourth-order valence-electron chi connectivity index (χ4n) is 1.44. The van der Waals surface area contributed by atoms with E-state index in [1.807, 2.05) is 6.07 Å². The minimum atomic E-state index is -0.364. The van der Waals surface area contributed by atoms with E-state index in [1.54, 1.807) is 24.3 Å². The van der Waals surface area contributed by atoms with Crippen LogP contribution in [0, 0.1) is 11.3 Å². The Kier molecular flexibility index (Phi) is 5.39. The average Bonchev–Trinajstić information content (AvgIpc) is 2.35.